The van der Waals surface area contributed by atoms with Gasteiger partial charge in [0.05, 0.1) is 12.2 Å². The lowest BCUT2D eigenvalue weighted by molar-refractivity contribution is -0.0591. The first-order chi connectivity index (χ1) is 9.20. The average Bonchev–Trinajstić information content (AvgIpc) is 2.46. The first-order valence-electron chi connectivity index (χ1n) is 7.80. The first kappa shape index (κ1) is 14.6. The van der Waals surface area contributed by atoms with Crippen LogP contribution in [0.5, 0.6) is 0 Å². The van der Waals surface area contributed by atoms with Gasteiger partial charge in [-0.25, -0.2) is 0 Å². The van der Waals surface area contributed by atoms with Crippen LogP contribution in [-0.2, 0) is 4.74 Å². The van der Waals surface area contributed by atoms with Gasteiger partial charge in [-0.05, 0) is 51.0 Å². The zero-order valence-corrected chi connectivity index (χ0v) is 12.4. The maximum absolute atomic E-state index is 6.29. The molecule has 2 atom stereocenters. The van der Waals surface area contributed by atoms with Gasteiger partial charge < -0.3 is 4.74 Å². The van der Waals surface area contributed by atoms with Crippen molar-refractivity contribution in [3.8, 4) is 0 Å². The van der Waals surface area contributed by atoms with Gasteiger partial charge in [-0.3, -0.25) is 0 Å². The lowest BCUT2D eigenvalue weighted by Crippen LogP contribution is -2.45. The second-order valence-corrected chi connectivity index (χ2v) is 6.09. The molecular weight excluding hydrogens is 232 g/mol. The largest absolute Gasteiger partial charge is 0.366 e. The second kappa shape index (κ2) is 6.56. The summed E-state index contributed by atoms with van der Waals surface area (Å²) in [5.41, 5.74) is 2.71. The van der Waals surface area contributed by atoms with Gasteiger partial charge in [0.2, 0.25) is 0 Å². The quantitative estimate of drug-likeness (QED) is 0.618. The van der Waals surface area contributed by atoms with E-state index in [2.05, 4.69) is 26.2 Å². The van der Waals surface area contributed by atoms with Gasteiger partial charge >= 0.3 is 0 Å². The third-order valence-electron chi connectivity index (χ3n) is 4.81. The number of allylic oxidation sites excluding steroid dienone is 1. The van der Waals surface area contributed by atoms with E-state index in [9.17, 15) is 0 Å². The van der Waals surface area contributed by atoms with Crippen LogP contribution in [0.3, 0.4) is 0 Å². The van der Waals surface area contributed by atoms with Crippen LogP contribution in [0.15, 0.2) is 36.5 Å². The summed E-state index contributed by atoms with van der Waals surface area (Å²) in [5.74, 6) is 0.555. The third-order valence-corrected chi connectivity index (χ3v) is 4.81. The van der Waals surface area contributed by atoms with Crippen molar-refractivity contribution in [3.63, 3.8) is 0 Å². The van der Waals surface area contributed by atoms with Crippen LogP contribution in [0.1, 0.15) is 58.3 Å². The minimum atomic E-state index is -0.129. The molecule has 0 bridgehead atoms. The Morgan fingerprint density at radius 3 is 2.89 bits per heavy atom. The van der Waals surface area contributed by atoms with E-state index in [0.29, 0.717) is 12.5 Å². The Morgan fingerprint density at radius 1 is 1.42 bits per heavy atom. The minimum absolute atomic E-state index is 0.129. The molecule has 0 amide bonds. The van der Waals surface area contributed by atoms with Crippen molar-refractivity contribution in [1.82, 2.24) is 0 Å². The summed E-state index contributed by atoms with van der Waals surface area (Å²) in [6, 6.07) is 0. The highest BCUT2D eigenvalue weighted by Crippen LogP contribution is 2.47. The molecule has 1 nitrogen and oxygen atoms in total. The van der Waals surface area contributed by atoms with Gasteiger partial charge in [0.15, 0.2) is 0 Å². The number of hydrogen-bond donors (Lipinski definition) is 0. The highest BCUT2D eigenvalue weighted by Gasteiger charge is 2.43. The fourth-order valence-corrected chi connectivity index (χ4v) is 3.82. The van der Waals surface area contributed by atoms with Gasteiger partial charge in [-0.1, -0.05) is 37.1 Å². The molecule has 0 aliphatic heterocycles. The highest BCUT2D eigenvalue weighted by molar-refractivity contribution is 5.25. The molecule has 0 spiro atoms. The van der Waals surface area contributed by atoms with Crippen LogP contribution in [0.2, 0.25) is 0 Å². The smallest absolute Gasteiger partial charge is 0.0955 e. The topological polar surface area (TPSA) is 9.23 Å². The normalized spacial score (nSPS) is 31.6. The molecule has 2 aliphatic carbocycles. The van der Waals surface area contributed by atoms with Crippen molar-refractivity contribution < 1.29 is 4.74 Å². The van der Waals surface area contributed by atoms with Crippen molar-refractivity contribution in [3.05, 3.63) is 36.5 Å². The summed E-state index contributed by atoms with van der Waals surface area (Å²) < 4.78 is 6.29. The van der Waals surface area contributed by atoms with E-state index >= 15 is 0 Å². The zero-order chi connectivity index (χ0) is 13.7. The van der Waals surface area contributed by atoms with E-state index < -0.39 is 0 Å². The lowest BCUT2D eigenvalue weighted by Gasteiger charge is -2.46. The molecule has 0 N–H and O–H groups in total. The van der Waals surface area contributed by atoms with E-state index in [4.69, 9.17) is 4.74 Å². The fraction of sp³-hybridized carbons (Fsp3) is 0.667. The molecule has 2 rings (SSSR count). The highest BCUT2D eigenvalue weighted by atomic mass is 16.5. The summed E-state index contributed by atoms with van der Waals surface area (Å²) in [7, 11) is 0. The van der Waals surface area contributed by atoms with Crippen LogP contribution in [-0.4, -0.2) is 12.2 Å². The lowest BCUT2D eigenvalue weighted by atomic mass is 9.67. The molecule has 19 heavy (non-hydrogen) atoms. The molecule has 1 fully saturated rings. The maximum Gasteiger partial charge on any atom is 0.0955 e. The Morgan fingerprint density at radius 2 is 2.26 bits per heavy atom. The molecule has 1 heteroatoms. The van der Waals surface area contributed by atoms with Crippen molar-refractivity contribution >= 4 is 0 Å². The SMILES string of the molecule is C=CCO[C@@]1(C(=C)C)CCCC[C@H]1C1=CCCCC1. The van der Waals surface area contributed by atoms with Gasteiger partial charge in [0, 0.05) is 5.92 Å². The van der Waals surface area contributed by atoms with Gasteiger partial charge in [0.1, 0.15) is 0 Å². The Labute approximate surface area is 118 Å². The van der Waals surface area contributed by atoms with Gasteiger partial charge in [-0.2, -0.15) is 0 Å². The van der Waals surface area contributed by atoms with Crippen LogP contribution >= 0.6 is 0 Å². The molecule has 0 heterocycles. The van der Waals surface area contributed by atoms with E-state index in [0.717, 1.165) is 6.42 Å². The molecule has 1 saturated carbocycles. The monoisotopic (exact) mass is 260 g/mol. The summed E-state index contributed by atoms with van der Waals surface area (Å²) in [6.45, 7) is 10.8. The predicted molar refractivity (Wildman–Crippen MR) is 82.2 cm³/mol. The molecular formula is C18H28O. The molecule has 2 aliphatic rings. The van der Waals surface area contributed by atoms with Crippen molar-refractivity contribution in [2.45, 2.75) is 63.9 Å². The van der Waals surface area contributed by atoms with Crippen molar-refractivity contribution in [2.24, 2.45) is 5.92 Å². The summed E-state index contributed by atoms with van der Waals surface area (Å²) in [4.78, 5) is 0. The average molecular weight is 260 g/mol. The van der Waals surface area contributed by atoms with E-state index in [1.165, 1.54) is 50.5 Å². The Balaban J connectivity index is 2.26. The molecule has 0 aromatic heterocycles. The third kappa shape index (κ3) is 3.02. The molecule has 0 aromatic carbocycles. The molecule has 0 aromatic rings. The maximum atomic E-state index is 6.29. The summed E-state index contributed by atoms with van der Waals surface area (Å²) >= 11 is 0. The van der Waals surface area contributed by atoms with Crippen molar-refractivity contribution in [2.75, 3.05) is 6.61 Å². The van der Waals surface area contributed by atoms with Gasteiger partial charge in [-0.15, -0.1) is 6.58 Å². The molecule has 0 unspecified atom stereocenters. The summed E-state index contributed by atoms with van der Waals surface area (Å²) in [5, 5.41) is 0. The number of ether oxygens (including phenoxy) is 1. The molecule has 0 saturated heterocycles. The van der Waals surface area contributed by atoms with Crippen LogP contribution in [0.25, 0.3) is 0 Å². The van der Waals surface area contributed by atoms with E-state index in [1.54, 1.807) is 5.57 Å². The zero-order valence-electron chi connectivity index (χ0n) is 12.4. The number of hydrogen-bond acceptors (Lipinski definition) is 1. The second-order valence-electron chi connectivity index (χ2n) is 6.09. The van der Waals surface area contributed by atoms with Crippen LogP contribution < -0.4 is 0 Å². The summed E-state index contributed by atoms with van der Waals surface area (Å²) in [6.07, 6.45) is 14.5. The van der Waals surface area contributed by atoms with Crippen LogP contribution in [0, 0.1) is 5.92 Å². The Kier molecular flexibility index (Phi) is 5.04. The van der Waals surface area contributed by atoms with E-state index in [1.807, 2.05) is 6.08 Å². The predicted octanol–water partition coefficient (Wildman–Crippen LogP) is 5.19. The van der Waals surface area contributed by atoms with E-state index in [-0.39, 0.29) is 5.60 Å². The minimum Gasteiger partial charge on any atom is -0.366 e. The van der Waals surface area contributed by atoms with Gasteiger partial charge in [0.25, 0.3) is 0 Å². The number of rotatable bonds is 5. The molecule has 106 valence electrons. The van der Waals surface area contributed by atoms with Crippen LogP contribution in [0.4, 0.5) is 0 Å². The first-order valence-corrected chi connectivity index (χ1v) is 7.80. The Hall–Kier alpha value is -0.820. The van der Waals surface area contributed by atoms with Crippen molar-refractivity contribution in [1.29, 1.82) is 0 Å². The standard InChI is InChI=1S/C18H28O/c1-4-14-19-18(15(2)3)13-9-8-12-17(18)16-10-6-5-7-11-16/h4,10,17H,1-2,5-9,11-14H2,3H3/t17-,18+/m0/s1. The Bertz CT molecular complexity index is 366. The molecule has 0 radical (unpaired) electrons. The fourth-order valence-electron chi connectivity index (χ4n) is 3.82.